The minimum absolute atomic E-state index is 0.0662. The number of hydrogen-bond donors (Lipinski definition) is 3. The summed E-state index contributed by atoms with van der Waals surface area (Å²) in [5.74, 6) is -3.23. The number of esters is 2. The summed E-state index contributed by atoms with van der Waals surface area (Å²) in [7, 11) is 0. The second-order valence-corrected chi connectivity index (χ2v) is 11.8. The van der Waals surface area contributed by atoms with Crippen molar-refractivity contribution in [1.82, 2.24) is 0 Å². The van der Waals surface area contributed by atoms with Crippen molar-refractivity contribution >= 4 is 11.9 Å². The van der Waals surface area contributed by atoms with Crippen LogP contribution in [0.15, 0.2) is 35.4 Å². The van der Waals surface area contributed by atoms with Crippen LogP contribution in [0.1, 0.15) is 84.8 Å². The lowest BCUT2D eigenvalue weighted by Gasteiger charge is -2.51. The molecule has 2 aliphatic rings. The van der Waals surface area contributed by atoms with E-state index in [9.17, 15) is 24.9 Å². The highest BCUT2D eigenvalue weighted by atomic mass is 16.7. The van der Waals surface area contributed by atoms with Gasteiger partial charge in [-0.3, -0.25) is 9.59 Å². The maximum absolute atomic E-state index is 12.4. The van der Waals surface area contributed by atoms with E-state index in [2.05, 4.69) is 19.9 Å². The molecule has 0 aromatic heterocycles. The Hall–Kier alpha value is -2.88. The fourth-order valence-electron chi connectivity index (χ4n) is 5.61. The molecule has 0 saturated carbocycles. The van der Waals surface area contributed by atoms with E-state index in [1.165, 1.54) is 31.6 Å². The second kappa shape index (κ2) is 12.3. The van der Waals surface area contributed by atoms with Crippen molar-refractivity contribution < 1.29 is 43.9 Å². The zero-order chi connectivity index (χ0) is 29.9. The molecule has 2 saturated heterocycles. The van der Waals surface area contributed by atoms with Gasteiger partial charge in [-0.05, 0) is 71.6 Å². The number of allylic oxidation sites excluding steroid dienone is 3. The number of aliphatic hydroxyl groups is 1. The number of phenols is 2. The Morgan fingerprint density at radius 1 is 1.12 bits per heavy atom. The number of fused-ring (bicyclic) bond motifs is 2. The number of benzene rings is 1. The van der Waals surface area contributed by atoms with Gasteiger partial charge < -0.3 is 34.3 Å². The first-order valence-corrected chi connectivity index (χ1v) is 13.8. The first kappa shape index (κ1) is 31.6. The SMILES string of the molecule is CC(=O)OCC(O)(C(Cc1cc(O)c(C)cc1O)OC(C)=O)C12CCC(C)(CC(C=C(C)CCC=C(C)C)O1)O2. The summed E-state index contributed by atoms with van der Waals surface area (Å²) in [6.45, 7) is 11.6. The van der Waals surface area contributed by atoms with Crippen molar-refractivity contribution in [2.75, 3.05) is 6.61 Å². The molecule has 2 bridgehead atoms. The van der Waals surface area contributed by atoms with Gasteiger partial charge in [0.2, 0.25) is 5.79 Å². The van der Waals surface area contributed by atoms with Gasteiger partial charge in [0.15, 0.2) is 5.60 Å². The molecular formula is C31H44O9. The summed E-state index contributed by atoms with van der Waals surface area (Å²) >= 11 is 0. The van der Waals surface area contributed by atoms with Crippen molar-refractivity contribution in [3.63, 3.8) is 0 Å². The topological polar surface area (TPSA) is 132 Å². The highest BCUT2D eigenvalue weighted by Crippen LogP contribution is 2.54. The van der Waals surface area contributed by atoms with Crippen molar-refractivity contribution in [2.24, 2.45) is 0 Å². The van der Waals surface area contributed by atoms with Crippen LogP contribution in [0.3, 0.4) is 0 Å². The highest BCUT2D eigenvalue weighted by molar-refractivity contribution is 5.67. The summed E-state index contributed by atoms with van der Waals surface area (Å²) in [6, 6.07) is 2.74. The summed E-state index contributed by atoms with van der Waals surface area (Å²) in [4.78, 5) is 24.2. The van der Waals surface area contributed by atoms with Gasteiger partial charge in [-0.1, -0.05) is 23.3 Å². The molecule has 1 aromatic rings. The average molecular weight is 561 g/mol. The van der Waals surface area contributed by atoms with Crippen molar-refractivity contribution in [3.05, 3.63) is 46.6 Å². The molecule has 9 nitrogen and oxygen atoms in total. The van der Waals surface area contributed by atoms with E-state index >= 15 is 0 Å². The monoisotopic (exact) mass is 560 g/mol. The van der Waals surface area contributed by atoms with Crippen LogP contribution in [0, 0.1) is 6.92 Å². The Bertz CT molecular complexity index is 1170. The molecule has 2 heterocycles. The molecule has 40 heavy (non-hydrogen) atoms. The van der Waals surface area contributed by atoms with Gasteiger partial charge in [-0.25, -0.2) is 0 Å². The van der Waals surface area contributed by atoms with Crippen LogP contribution in [0.2, 0.25) is 0 Å². The second-order valence-electron chi connectivity index (χ2n) is 11.8. The maximum Gasteiger partial charge on any atom is 0.303 e. The number of ether oxygens (including phenoxy) is 4. The summed E-state index contributed by atoms with van der Waals surface area (Å²) in [5, 5.41) is 33.3. The van der Waals surface area contributed by atoms with E-state index in [1.807, 2.05) is 19.9 Å². The molecule has 0 amide bonds. The van der Waals surface area contributed by atoms with Crippen molar-refractivity contribution in [2.45, 2.75) is 116 Å². The number of aromatic hydroxyl groups is 2. The number of rotatable bonds is 11. The Morgan fingerprint density at radius 3 is 2.45 bits per heavy atom. The molecule has 0 spiro atoms. The first-order chi connectivity index (χ1) is 18.6. The van der Waals surface area contributed by atoms with E-state index in [-0.39, 0.29) is 29.9 Å². The summed E-state index contributed by atoms with van der Waals surface area (Å²) < 4.78 is 24.0. The molecule has 0 radical (unpaired) electrons. The molecule has 1 aromatic carbocycles. The molecule has 3 rings (SSSR count). The van der Waals surface area contributed by atoms with Crippen LogP contribution in [0.25, 0.3) is 0 Å². The Morgan fingerprint density at radius 2 is 1.82 bits per heavy atom. The number of aryl methyl sites for hydroxylation is 1. The normalized spacial score (nSPS) is 26.5. The predicted octanol–water partition coefficient (Wildman–Crippen LogP) is 4.92. The van der Waals surface area contributed by atoms with Gasteiger partial charge in [-0.2, -0.15) is 0 Å². The van der Waals surface area contributed by atoms with E-state index in [1.54, 1.807) is 6.92 Å². The standard InChI is InChI=1S/C31H44O9/c1-19(2)9-8-10-20(3)13-25-17-29(7)11-12-31(39-25,40-29)30(36,18-37-22(5)32)28(38-23(6)33)16-24-15-26(34)21(4)14-27(24)35/h9,13-15,25,28,34-36H,8,10-12,16-18H2,1-7H3. The third-order valence-corrected chi connectivity index (χ3v) is 7.73. The zero-order valence-electron chi connectivity index (χ0n) is 24.7. The molecule has 0 aliphatic carbocycles. The smallest absolute Gasteiger partial charge is 0.303 e. The number of carbonyl (C=O) groups is 2. The molecule has 3 N–H and O–H groups in total. The molecule has 2 fully saturated rings. The highest BCUT2D eigenvalue weighted by Gasteiger charge is 2.67. The predicted molar refractivity (Wildman–Crippen MR) is 149 cm³/mol. The quantitative estimate of drug-likeness (QED) is 0.196. The molecule has 5 unspecified atom stereocenters. The zero-order valence-corrected chi connectivity index (χ0v) is 24.7. The average Bonchev–Trinajstić information content (AvgIpc) is 3.09. The lowest BCUT2D eigenvalue weighted by molar-refractivity contribution is -0.383. The van der Waals surface area contributed by atoms with E-state index < -0.39 is 47.7 Å². The van der Waals surface area contributed by atoms with Crippen molar-refractivity contribution in [1.29, 1.82) is 0 Å². The molecule has 9 heteroatoms. The van der Waals surface area contributed by atoms with Crippen LogP contribution in [-0.4, -0.2) is 63.1 Å². The van der Waals surface area contributed by atoms with Gasteiger partial charge in [0.25, 0.3) is 0 Å². The number of hydrogen-bond acceptors (Lipinski definition) is 9. The van der Waals surface area contributed by atoms with Gasteiger partial charge in [0.1, 0.15) is 24.2 Å². The third-order valence-electron chi connectivity index (χ3n) is 7.73. The van der Waals surface area contributed by atoms with Crippen LogP contribution in [0.4, 0.5) is 0 Å². The van der Waals surface area contributed by atoms with Crippen LogP contribution >= 0.6 is 0 Å². The summed E-state index contributed by atoms with van der Waals surface area (Å²) in [5.41, 5.74) is 0.267. The van der Waals surface area contributed by atoms with Crippen LogP contribution in [0.5, 0.6) is 11.5 Å². The molecular weight excluding hydrogens is 516 g/mol. The Kier molecular flexibility index (Phi) is 9.75. The Labute approximate surface area is 236 Å². The molecule has 5 atom stereocenters. The van der Waals surface area contributed by atoms with E-state index in [0.717, 1.165) is 18.4 Å². The van der Waals surface area contributed by atoms with E-state index in [4.69, 9.17) is 18.9 Å². The fraction of sp³-hybridized carbons (Fsp3) is 0.613. The van der Waals surface area contributed by atoms with Gasteiger partial charge in [0.05, 0.1) is 11.7 Å². The van der Waals surface area contributed by atoms with Crippen LogP contribution in [-0.2, 0) is 35.0 Å². The largest absolute Gasteiger partial charge is 0.508 e. The fourth-order valence-corrected chi connectivity index (χ4v) is 5.61. The third kappa shape index (κ3) is 7.25. The molecule has 2 aliphatic heterocycles. The number of carbonyl (C=O) groups excluding carboxylic acids is 2. The minimum atomic E-state index is -2.16. The number of phenolic OH excluding ortho intramolecular Hbond substituents is 2. The minimum Gasteiger partial charge on any atom is -0.508 e. The van der Waals surface area contributed by atoms with Crippen molar-refractivity contribution in [3.8, 4) is 11.5 Å². The van der Waals surface area contributed by atoms with Gasteiger partial charge in [-0.15, -0.1) is 0 Å². The molecule has 222 valence electrons. The lowest BCUT2D eigenvalue weighted by Crippen LogP contribution is -2.69. The van der Waals surface area contributed by atoms with Gasteiger partial charge >= 0.3 is 11.9 Å². The maximum atomic E-state index is 12.4. The summed E-state index contributed by atoms with van der Waals surface area (Å²) in [6.07, 6.45) is 5.35. The Balaban J connectivity index is 2.05. The lowest BCUT2D eigenvalue weighted by atomic mass is 9.82. The van der Waals surface area contributed by atoms with E-state index in [0.29, 0.717) is 18.4 Å². The van der Waals surface area contributed by atoms with Gasteiger partial charge in [0, 0.05) is 38.7 Å². The van der Waals surface area contributed by atoms with Crippen LogP contribution < -0.4 is 0 Å². The first-order valence-electron chi connectivity index (χ1n) is 13.8.